The monoisotopic (exact) mass is 648 g/mol. The lowest BCUT2D eigenvalue weighted by Crippen LogP contribution is -2.37. The first kappa shape index (κ1) is 33.6. The number of halogens is 1. The number of hydrogen-bond donors (Lipinski definition) is 0. The van der Waals surface area contributed by atoms with Crippen LogP contribution in [0.15, 0.2) is 60.7 Å². The number of morpholine rings is 1. The quantitative estimate of drug-likeness (QED) is 0.135. The number of fused-ring (bicyclic) bond motifs is 1. The highest BCUT2D eigenvalue weighted by molar-refractivity contribution is 6.35. The van der Waals surface area contributed by atoms with Crippen molar-refractivity contribution in [2.45, 2.75) is 39.8 Å². The Morgan fingerprint density at radius 3 is 2.61 bits per heavy atom. The Morgan fingerprint density at radius 1 is 1.04 bits per heavy atom. The third-order valence-electron chi connectivity index (χ3n) is 8.28. The number of nitrogens with zero attached hydrogens (tertiary/aromatic N) is 4. The minimum atomic E-state index is -0.183. The van der Waals surface area contributed by atoms with Crippen LogP contribution in [0.1, 0.15) is 48.4 Å². The lowest BCUT2D eigenvalue weighted by Gasteiger charge is -2.26. The van der Waals surface area contributed by atoms with Crippen LogP contribution in [-0.2, 0) is 17.8 Å². The van der Waals surface area contributed by atoms with Crippen molar-refractivity contribution in [3.8, 4) is 17.2 Å². The minimum Gasteiger partial charge on any atom is -0.494 e. The summed E-state index contributed by atoms with van der Waals surface area (Å²) in [4.78, 5) is 23.3. The van der Waals surface area contributed by atoms with Crippen molar-refractivity contribution in [1.82, 2.24) is 19.4 Å². The first-order valence-electron chi connectivity index (χ1n) is 16.0. The molecule has 0 radical (unpaired) electrons. The maximum atomic E-state index is 14.1. The predicted octanol–water partition coefficient (Wildman–Crippen LogP) is 6.54. The van der Waals surface area contributed by atoms with E-state index >= 15 is 0 Å². The molecule has 0 spiro atoms. The number of imidazole rings is 1. The van der Waals surface area contributed by atoms with Gasteiger partial charge in [0.05, 0.1) is 62.2 Å². The van der Waals surface area contributed by atoms with Gasteiger partial charge in [0.2, 0.25) is 0 Å². The summed E-state index contributed by atoms with van der Waals surface area (Å²) in [6.07, 6.45) is 1.80. The summed E-state index contributed by atoms with van der Waals surface area (Å²) >= 11 is 6.71. The fourth-order valence-electron chi connectivity index (χ4n) is 5.70. The molecule has 1 aromatic heterocycles. The Bertz CT molecular complexity index is 1600. The van der Waals surface area contributed by atoms with E-state index in [1.165, 1.54) is 7.11 Å². The van der Waals surface area contributed by atoms with Crippen LogP contribution in [0.5, 0.6) is 17.2 Å². The maximum absolute atomic E-state index is 14.1. The van der Waals surface area contributed by atoms with Gasteiger partial charge in [0, 0.05) is 32.7 Å². The zero-order valence-corrected chi connectivity index (χ0v) is 28.1. The van der Waals surface area contributed by atoms with E-state index in [-0.39, 0.29) is 10.9 Å². The first-order chi connectivity index (χ1) is 22.4. The summed E-state index contributed by atoms with van der Waals surface area (Å²) in [5.41, 5.74) is 3.35. The van der Waals surface area contributed by atoms with E-state index in [9.17, 15) is 4.79 Å². The molecule has 0 unspecified atom stereocenters. The van der Waals surface area contributed by atoms with E-state index in [1.54, 1.807) is 19.2 Å². The molecule has 3 aromatic carbocycles. The van der Waals surface area contributed by atoms with Crippen molar-refractivity contribution in [2.24, 2.45) is 5.92 Å². The second kappa shape index (κ2) is 16.2. The van der Waals surface area contributed by atoms with Gasteiger partial charge in [-0.05, 0) is 60.7 Å². The van der Waals surface area contributed by atoms with Gasteiger partial charge in [0.1, 0.15) is 11.6 Å². The number of amides is 1. The Hall–Kier alpha value is -3.79. The summed E-state index contributed by atoms with van der Waals surface area (Å²) in [5, 5.41) is 0.233. The average Bonchev–Trinajstić information content (AvgIpc) is 3.41. The van der Waals surface area contributed by atoms with Gasteiger partial charge in [-0.25, -0.2) is 4.98 Å². The van der Waals surface area contributed by atoms with Gasteiger partial charge in [-0.3, -0.25) is 9.69 Å². The summed E-state index contributed by atoms with van der Waals surface area (Å²) in [6, 6.07) is 19.7. The number of ether oxygens (including phenoxy) is 4. The SMILES string of the molecule is COc1ccc(C(=O)N(CCC(C)C)Cc2nc3ccccc3n2Cc2cccc(OCCCN3CCOCC3)c2)c(Cl)c1OC. The molecule has 0 saturated carbocycles. The van der Waals surface area contributed by atoms with Crippen molar-refractivity contribution >= 4 is 28.5 Å². The van der Waals surface area contributed by atoms with Crippen LogP contribution in [0.2, 0.25) is 5.02 Å². The number of benzene rings is 3. The molecule has 10 heteroatoms. The van der Waals surface area contributed by atoms with Gasteiger partial charge in [-0.2, -0.15) is 0 Å². The third-order valence-corrected chi connectivity index (χ3v) is 8.65. The van der Waals surface area contributed by atoms with E-state index < -0.39 is 0 Å². The van der Waals surface area contributed by atoms with E-state index in [0.29, 0.717) is 49.2 Å². The normalized spacial score (nSPS) is 13.7. The van der Waals surface area contributed by atoms with E-state index in [0.717, 1.165) is 73.9 Å². The molecule has 0 aliphatic carbocycles. The Labute approximate surface area is 277 Å². The number of para-hydroxylation sites is 2. The van der Waals surface area contributed by atoms with Gasteiger partial charge in [-0.15, -0.1) is 0 Å². The van der Waals surface area contributed by atoms with Crippen molar-refractivity contribution in [3.63, 3.8) is 0 Å². The van der Waals surface area contributed by atoms with Gasteiger partial charge in [0.25, 0.3) is 5.91 Å². The summed E-state index contributed by atoms with van der Waals surface area (Å²) in [6.45, 7) is 11.0. The topological polar surface area (TPSA) is 78.3 Å². The summed E-state index contributed by atoms with van der Waals surface area (Å²) < 4.78 is 24.7. The predicted molar refractivity (Wildman–Crippen MR) is 181 cm³/mol. The van der Waals surface area contributed by atoms with Crippen LogP contribution >= 0.6 is 11.6 Å². The van der Waals surface area contributed by atoms with Gasteiger partial charge < -0.3 is 28.4 Å². The maximum Gasteiger partial charge on any atom is 0.255 e. The second-order valence-corrected chi connectivity index (χ2v) is 12.4. The molecule has 0 N–H and O–H groups in total. The minimum absolute atomic E-state index is 0.183. The number of rotatable bonds is 15. The van der Waals surface area contributed by atoms with E-state index in [4.69, 9.17) is 35.5 Å². The standard InChI is InChI=1S/C36H45ClN4O5/c1-26(2)15-17-40(36(42)29-13-14-32(43-3)35(44-4)34(29)37)25-33-38-30-11-5-6-12-31(30)41(33)24-27-9-7-10-28(23-27)46-20-8-16-39-18-21-45-22-19-39/h5-7,9-14,23,26H,8,15-22,24-25H2,1-4H3. The summed E-state index contributed by atoms with van der Waals surface area (Å²) in [5.74, 6) is 2.69. The van der Waals surface area contributed by atoms with Crippen molar-refractivity contribution in [1.29, 1.82) is 0 Å². The molecule has 246 valence electrons. The lowest BCUT2D eigenvalue weighted by molar-refractivity contribution is 0.0358. The Balaban J connectivity index is 1.37. The molecule has 4 aromatic rings. The van der Waals surface area contributed by atoms with Gasteiger partial charge >= 0.3 is 0 Å². The largest absolute Gasteiger partial charge is 0.494 e. The molecule has 1 fully saturated rings. The highest BCUT2D eigenvalue weighted by Gasteiger charge is 2.25. The number of carbonyl (C=O) groups is 1. The van der Waals surface area contributed by atoms with Crippen molar-refractivity contribution in [3.05, 3.63) is 82.6 Å². The highest BCUT2D eigenvalue weighted by atomic mass is 35.5. The molecule has 46 heavy (non-hydrogen) atoms. The van der Waals surface area contributed by atoms with Gasteiger partial charge in [0.15, 0.2) is 11.5 Å². The van der Waals surface area contributed by atoms with Crippen LogP contribution in [0.4, 0.5) is 0 Å². The van der Waals surface area contributed by atoms with E-state index in [2.05, 4.69) is 41.5 Å². The molecule has 9 nitrogen and oxygen atoms in total. The highest BCUT2D eigenvalue weighted by Crippen LogP contribution is 2.38. The third kappa shape index (κ3) is 8.32. The Morgan fingerprint density at radius 2 is 1.85 bits per heavy atom. The molecule has 1 saturated heterocycles. The van der Waals surface area contributed by atoms with E-state index in [1.807, 2.05) is 35.2 Å². The molecule has 1 amide bonds. The second-order valence-electron chi connectivity index (χ2n) is 12.0. The molecular weight excluding hydrogens is 604 g/mol. The molecule has 0 bridgehead atoms. The number of carbonyl (C=O) groups excluding carboxylic acids is 1. The van der Waals surface area contributed by atoms with Crippen LogP contribution in [0.25, 0.3) is 11.0 Å². The van der Waals surface area contributed by atoms with Crippen LogP contribution in [-0.4, -0.2) is 85.5 Å². The molecule has 5 rings (SSSR count). The lowest BCUT2D eigenvalue weighted by atomic mass is 10.1. The van der Waals surface area contributed by atoms with Gasteiger partial charge in [-0.1, -0.05) is 49.7 Å². The fraction of sp³-hybridized carbons (Fsp3) is 0.444. The molecule has 2 heterocycles. The van der Waals surface area contributed by atoms with Crippen LogP contribution in [0.3, 0.4) is 0 Å². The molecule has 1 aliphatic rings. The summed E-state index contributed by atoms with van der Waals surface area (Å²) in [7, 11) is 3.06. The average molecular weight is 649 g/mol. The zero-order valence-electron chi connectivity index (χ0n) is 27.3. The zero-order chi connectivity index (χ0) is 32.5. The van der Waals surface area contributed by atoms with Crippen LogP contribution in [0, 0.1) is 5.92 Å². The Kier molecular flexibility index (Phi) is 11.8. The molecule has 0 atom stereocenters. The smallest absolute Gasteiger partial charge is 0.255 e. The molecular formula is C36H45ClN4O5. The number of methoxy groups -OCH3 is 2. The number of hydrogen-bond acceptors (Lipinski definition) is 7. The number of aromatic nitrogens is 2. The van der Waals surface area contributed by atoms with Crippen molar-refractivity contribution in [2.75, 3.05) is 60.2 Å². The fourth-order valence-corrected chi connectivity index (χ4v) is 6.02. The van der Waals surface area contributed by atoms with Crippen LogP contribution < -0.4 is 14.2 Å². The van der Waals surface area contributed by atoms with Crippen molar-refractivity contribution < 1.29 is 23.7 Å². The first-order valence-corrected chi connectivity index (χ1v) is 16.4. The molecule has 1 aliphatic heterocycles.